The van der Waals surface area contributed by atoms with Crippen molar-refractivity contribution in [3.63, 3.8) is 0 Å². The zero-order valence-corrected chi connectivity index (χ0v) is 15.5. The summed E-state index contributed by atoms with van der Waals surface area (Å²) >= 11 is 3.18. The van der Waals surface area contributed by atoms with E-state index in [0.29, 0.717) is 47.7 Å². The van der Waals surface area contributed by atoms with Crippen LogP contribution in [-0.4, -0.2) is 42.6 Å². The van der Waals surface area contributed by atoms with Gasteiger partial charge in [-0.15, -0.1) is 0 Å². The first-order valence-corrected chi connectivity index (χ1v) is 9.14. The molecular weight excluding hydrogens is 404 g/mol. The summed E-state index contributed by atoms with van der Waals surface area (Å²) in [5.74, 6) is 1.25. The number of carbonyl (C=O) groups is 2. The Morgan fingerprint density at radius 1 is 1.08 bits per heavy atom. The third-order valence-corrected chi connectivity index (χ3v) is 4.96. The molecule has 0 bridgehead atoms. The number of rotatable bonds is 3. The maximum Gasteiger partial charge on any atom is 0.287 e. The Morgan fingerprint density at radius 2 is 1.85 bits per heavy atom. The van der Waals surface area contributed by atoms with Gasteiger partial charge in [0.2, 0.25) is 6.79 Å². The van der Waals surface area contributed by atoms with Gasteiger partial charge in [0.05, 0.1) is 0 Å². The van der Waals surface area contributed by atoms with Crippen molar-refractivity contribution in [3.05, 3.63) is 46.3 Å². The van der Waals surface area contributed by atoms with Gasteiger partial charge in [0.1, 0.15) is 0 Å². The fourth-order valence-electron chi connectivity index (χ4n) is 3.13. The van der Waals surface area contributed by atoms with Crippen LogP contribution in [0.25, 0.3) is 0 Å². The molecule has 136 valence electrons. The topological polar surface area (TPSA) is 81.0 Å². The predicted molar refractivity (Wildman–Crippen MR) is 95.4 cm³/mol. The van der Waals surface area contributed by atoms with Crippen LogP contribution in [0.2, 0.25) is 0 Å². The number of nitrogens with zero attached hydrogens (tertiary/aromatic N) is 1. The molecule has 0 aliphatic carbocycles. The molecule has 1 N–H and O–H groups in total. The number of halogens is 1. The number of hydrogen-bond acceptors (Lipinski definition) is 5. The van der Waals surface area contributed by atoms with E-state index in [-0.39, 0.29) is 30.4 Å². The third kappa shape index (κ3) is 3.41. The van der Waals surface area contributed by atoms with Crippen molar-refractivity contribution in [1.29, 1.82) is 0 Å². The molecule has 0 unspecified atom stereocenters. The Bertz CT molecular complexity index is 842. The first-order valence-electron chi connectivity index (χ1n) is 8.35. The van der Waals surface area contributed by atoms with Crippen molar-refractivity contribution in [2.24, 2.45) is 0 Å². The van der Waals surface area contributed by atoms with E-state index >= 15 is 0 Å². The van der Waals surface area contributed by atoms with E-state index < -0.39 is 0 Å². The quantitative estimate of drug-likeness (QED) is 0.825. The average molecular weight is 421 g/mol. The molecule has 2 amide bonds. The van der Waals surface area contributed by atoms with Crippen LogP contribution in [0.15, 0.2) is 39.4 Å². The molecule has 3 heterocycles. The monoisotopic (exact) mass is 420 g/mol. The lowest BCUT2D eigenvalue weighted by Crippen LogP contribution is -2.46. The van der Waals surface area contributed by atoms with Crippen LogP contribution >= 0.6 is 15.9 Å². The minimum atomic E-state index is -0.240. The normalized spacial score (nSPS) is 16.6. The fourth-order valence-corrected chi connectivity index (χ4v) is 3.44. The Balaban J connectivity index is 1.33. The minimum Gasteiger partial charge on any atom is -0.454 e. The molecule has 4 rings (SSSR count). The van der Waals surface area contributed by atoms with E-state index in [4.69, 9.17) is 13.9 Å². The summed E-state index contributed by atoms with van der Waals surface area (Å²) in [5, 5.41) is 2.95. The summed E-state index contributed by atoms with van der Waals surface area (Å²) in [6.07, 6.45) is 1.40. The fraction of sp³-hybridized carbons (Fsp3) is 0.333. The highest BCUT2D eigenvalue weighted by molar-refractivity contribution is 9.10. The lowest BCUT2D eigenvalue weighted by Gasteiger charge is -2.32. The molecule has 1 fully saturated rings. The molecule has 0 spiro atoms. The number of amides is 2. The molecule has 1 aromatic heterocycles. The van der Waals surface area contributed by atoms with Gasteiger partial charge >= 0.3 is 0 Å². The largest absolute Gasteiger partial charge is 0.454 e. The zero-order chi connectivity index (χ0) is 18.1. The van der Waals surface area contributed by atoms with Gasteiger partial charge in [0, 0.05) is 24.7 Å². The number of furan rings is 1. The number of benzene rings is 1. The average Bonchev–Trinajstić information content (AvgIpc) is 3.29. The summed E-state index contributed by atoms with van der Waals surface area (Å²) in [6.45, 7) is 1.35. The molecule has 2 aromatic rings. The van der Waals surface area contributed by atoms with Crippen LogP contribution in [0, 0.1) is 0 Å². The number of hydrogen-bond donors (Lipinski definition) is 1. The Kier molecular flexibility index (Phi) is 4.58. The van der Waals surface area contributed by atoms with Gasteiger partial charge in [-0.25, -0.2) is 0 Å². The van der Waals surface area contributed by atoms with Crippen molar-refractivity contribution >= 4 is 27.7 Å². The summed E-state index contributed by atoms with van der Waals surface area (Å²) in [7, 11) is 0. The third-order valence-electron chi connectivity index (χ3n) is 4.53. The van der Waals surface area contributed by atoms with E-state index in [0.717, 1.165) is 0 Å². The highest BCUT2D eigenvalue weighted by Crippen LogP contribution is 2.33. The Labute approximate surface area is 158 Å². The van der Waals surface area contributed by atoms with Crippen molar-refractivity contribution in [2.45, 2.75) is 18.9 Å². The minimum absolute atomic E-state index is 0.0205. The second kappa shape index (κ2) is 7.03. The van der Waals surface area contributed by atoms with Crippen LogP contribution in [0.4, 0.5) is 0 Å². The molecule has 1 saturated heterocycles. The first-order chi connectivity index (χ1) is 12.6. The molecule has 26 heavy (non-hydrogen) atoms. The van der Waals surface area contributed by atoms with Crippen LogP contribution in [0.1, 0.15) is 33.8 Å². The number of likely N-dealkylation sites (tertiary alicyclic amines) is 1. The van der Waals surface area contributed by atoms with Gasteiger partial charge in [-0.1, -0.05) is 0 Å². The van der Waals surface area contributed by atoms with E-state index in [2.05, 4.69) is 21.2 Å². The van der Waals surface area contributed by atoms with Gasteiger partial charge in [-0.05, 0) is 59.1 Å². The molecule has 0 saturated carbocycles. The second-order valence-electron chi connectivity index (χ2n) is 6.21. The van der Waals surface area contributed by atoms with Gasteiger partial charge < -0.3 is 24.1 Å². The molecule has 7 nitrogen and oxygen atoms in total. The highest BCUT2D eigenvalue weighted by Gasteiger charge is 2.26. The summed E-state index contributed by atoms with van der Waals surface area (Å²) in [4.78, 5) is 26.6. The van der Waals surface area contributed by atoms with Crippen LogP contribution < -0.4 is 14.8 Å². The van der Waals surface area contributed by atoms with Crippen LogP contribution in [-0.2, 0) is 0 Å². The summed E-state index contributed by atoms with van der Waals surface area (Å²) in [5.41, 5.74) is 0.581. The first kappa shape index (κ1) is 17.0. The van der Waals surface area contributed by atoms with Crippen molar-refractivity contribution in [2.75, 3.05) is 19.9 Å². The van der Waals surface area contributed by atoms with E-state index in [1.807, 2.05) is 0 Å². The van der Waals surface area contributed by atoms with Crippen LogP contribution in [0.5, 0.6) is 11.5 Å². The second-order valence-corrected chi connectivity index (χ2v) is 6.99. The van der Waals surface area contributed by atoms with Gasteiger partial charge in [0.15, 0.2) is 21.9 Å². The number of ether oxygens (including phenoxy) is 2. The van der Waals surface area contributed by atoms with E-state index in [9.17, 15) is 9.59 Å². The summed E-state index contributed by atoms with van der Waals surface area (Å²) < 4.78 is 16.4. The molecule has 0 atom stereocenters. The van der Waals surface area contributed by atoms with Crippen molar-refractivity contribution in [1.82, 2.24) is 10.2 Å². The van der Waals surface area contributed by atoms with Crippen molar-refractivity contribution < 1.29 is 23.5 Å². The SMILES string of the molecule is O=C(NC1CCN(C(=O)c2ccc3c(c2)OCO3)CC1)c1ccc(Br)o1. The highest BCUT2D eigenvalue weighted by atomic mass is 79.9. The van der Waals surface area contributed by atoms with Gasteiger partial charge in [-0.2, -0.15) is 0 Å². The van der Waals surface area contributed by atoms with Crippen molar-refractivity contribution in [3.8, 4) is 11.5 Å². The molecular formula is C18H17BrN2O5. The Morgan fingerprint density at radius 3 is 2.58 bits per heavy atom. The maximum absolute atomic E-state index is 12.7. The molecule has 1 aromatic carbocycles. The maximum atomic E-state index is 12.7. The van der Waals surface area contributed by atoms with Crippen LogP contribution in [0.3, 0.4) is 0 Å². The summed E-state index contributed by atoms with van der Waals surface area (Å²) in [6, 6.07) is 8.54. The lowest BCUT2D eigenvalue weighted by atomic mass is 10.0. The molecule has 2 aliphatic rings. The van der Waals surface area contributed by atoms with E-state index in [1.165, 1.54) is 0 Å². The predicted octanol–water partition coefficient (Wildman–Crippen LogP) is 2.81. The lowest BCUT2D eigenvalue weighted by molar-refractivity contribution is 0.0695. The Hall–Kier alpha value is -2.48. The zero-order valence-electron chi connectivity index (χ0n) is 13.9. The smallest absolute Gasteiger partial charge is 0.287 e. The standard InChI is InChI=1S/C18H17BrN2O5/c19-16-4-3-14(26-16)17(22)20-12-5-7-21(8-6-12)18(23)11-1-2-13-15(9-11)25-10-24-13/h1-4,9,12H,5-8,10H2,(H,20,22). The van der Waals surface area contributed by atoms with Gasteiger partial charge in [0.25, 0.3) is 11.8 Å². The molecule has 2 aliphatic heterocycles. The number of nitrogens with one attached hydrogen (secondary N) is 1. The van der Waals surface area contributed by atoms with E-state index in [1.54, 1.807) is 35.2 Å². The number of carbonyl (C=O) groups excluding carboxylic acids is 2. The number of fused-ring (bicyclic) bond motifs is 1. The molecule has 8 heteroatoms. The van der Waals surface area contributed by atoms with Gasteiger partial charge in [-0.3, -0.25) is 9.59 Å². The number of piperidine rings is 1. The molecule has 0 radical (unpaired) electrons.